The van der Waals surface area contributed by atoms with E-state index in [1.165, 1.54) is 56.2 Å². The Morgan fingerprint density at radius 3 is 2.62 bits per heavy atom. The number of hydrogen-bond donors (Lipinski definition) is 2. The van der Waals surface area contributed by atoms with Crippen LogP contribution in [0.25, 0.3) is 0 Å². The maximum atomic E-state index is 11.1. The molecule has 3 heteroatoms. The van der Waals surface area contributed by atoms with Gasteiger partial charge in [-0.05, 0) is 143 Å². The van der Waals surface area contributed by atoms with Crippen LogP contribution in [0.1, 0.15) is 103 Å². The summed E-state index contributed by atoms with van der Waals surface area (Å²) in [5.74, 6) is 5.05. The number of nitrogens with zero attached hydrogens (tertiary/aromatic N) is 1. The molecule has 1 aromatic rings. The van der Waals surface area contributed by atoms with Crippen molar-refractivity contribution >= 4 is 5.69 Å². The van der Waals surface area contributed by atoms with Crippen molar-refractivity contribution in [3.05, 3.63) is 29.3 Å². The van der Waals surface area contributed by atoms with Crippen molar-refractivity contribution in [2.24, 2.45) is 40.9 Å². The number of aliphatic hydroxyl groups is 1. The van der Waals surface area contributed by atoms with Crippen molar-refractivity contribution in [1.82, 2.24) is 0 Å². The van der Waals surface area contributed by atoms with Crippen molar-refractivity contribution < 1.29 is 5.11 Å². The first-order valence-electron chi connectivity index (χ1n) is 14.3. The van der Waals surface area contributed by atoms with E-state index in [0.717, 1.165) is 60.8 Å². The SMILES string of the molecule is CCC[C@@]1(O)CC[C@H]2[C@H](CC[C@@H]3[C@@H]2CC[C@]2(C)[C@@H]([C@H](C)Nc4ccc(C#N)cc4C)CC[C@@H]32)C1. The molecule has 0 radical (unpaired) electrons. The molecule has 0 aromatic heterocycles. The molecule has 4 aliphatic rings. The van der Waals surface area contributed by atoms with Crippen LogP contribution >= 0.6 is 0 Å². The van der Waals surface area contributed by atoms with Gasteiger partial charge < -0.3 is 10.4 Å². The summed E-state index contributed by atoms with van der Waals surface area (Å²) < 4.78 is 0. The first kappa shape index (κ1) is 24.2. The van der Waals surface area contributed by atoms with Gasteiger partial charge in [-0.25, -0.2) is 0 Å². The fourth-order valence-electron chi connectivity index (χ4n) is 9.76. The highest BCUT2D eigenvalue weighted by atomic mass is 16.3. The van der Waals surface area contributed by atoms with Gasteiger partial charge in [0.1, 0.15) is 0 Å². The Morgan fingerprint density at radius 2 is 1.88 bits per heavy atom. The van der Waals surface area contributed by atoms with E-state index >= 15 is 0 Å². The molecule has 186 valence electrons. The van der Waals surface area contributed by atoms with Crippen LogP contribution in [0.15, 0.2) is 18.2 Å². The minimum absolute atomic E-state index is 0.366. The first-order chi connectivity index (χ1) is 16.3. The number of fused-ring (bicyclic) bond motifs is 5. The maximum absolute atomic E-state index is 11.1. The average molecular weight is 463 g/mol. The molecule has 0 bridgehead atoms. The standard InChI is InChI=1S/C31H46N2O/c1-5-14-31(34)16-13-24-23(18-31)7-8-26-25(24)12-15-30(4)27(9-10-28(26)30)21(3)33-29-11-6-22(19-32)17-20(29)2/h6,11,17,21,23-28,33-34H,5,7-10,12-16,18H2,1-4H3/t21-,23+,24-,25+,26+,27+,28-,30+,31+/m0/s1. The summed E-state index contributed by atoms with van der Waals surface area (Å²) in [6, 6.07) is 8.76. The number of anilines is 1. The van der Waals surface area contributed by atoms with Crippen molar-refractivity contribution in [2.75, 3.05) is 5.32 Å². The van der Waals surface area contributed by atoms with Crippen LogP contribution in [-0.2, 0) is 0 Å². The monoisotopic (exact) mass is 462 g/mol. The van der Waals surface area contributed by atoms with Crippen LogP contribution < -0.4 is 5.32 Å². The van der Waals surface area contributed by atoms with Gasteiger partial charge in [0.2, 0.25) is 0 Å². The third kappa shape index (κ3) is 4.09. The Kier molecular flexibility index (Phi) is 6.52. The number of benzene rings is 1. The van der Waals surface area contributed by atoms with E-state index in [1.54, 1.807) is 0 Å². The van der Waals surface area contributed by atoms with E-state index in [2.05, 4.69) is 45.1 Å². The molecule has 4 saturated carbocycles. The maximum Gasteiger partial charge on any atom is 0.0991 e. The summed E-state index contributed by atoms with van der Waals surface area (Å²) >= 11 is 0. The molecule has 9 atom stereocenters. The van der Waals surface area contributed by atoms with Crippen LogP contribution in [0.2, 0.25) is 0 Å². The highest BCUT2D eigenvalue weighted by molar-refractivity contribution is 5.54. The second kappa shape index (κ2) is 9.16. The summed E-state index contributed by atoms with van der Waals surface area (Å²) in [7, 11) is 0. The Balaban J connectivity index is 1.28. The van der Waals surface area contributed by atoms with Crippen LogP contribution in [-0.4, -0.2) is 16.7 Å². The highest BCUT2D eigenvalue weighted by Crippen LogP contribution is 2.65. The summed E-state index contributed by atoms with van der Waals surface area (Å²) in [5, 5.41) is 24.2. The van der Waals surface area contributed by atoms with E-state index in [0.29, 0.717) is 17.4 Å². The van der Waals surface area contributed by atoms with Crippen LogP contribution in [0.5, 0.6) is 0 Å². The van der Waals surface area contributed by atoms with E-state index < -0.39 is 0 Å². The molecule has 0 spiro atoms. The molecule has 0 unspecified atom stereocenters. The third-order valence-electron chi connectivity index (χ3n) is 11.2. The normalized spacial score (nSPS) is 42.1. The summed E-state index contributed by atoms with van der Waals surface area (Å²) in [6.45, 7) is 9.36. The molecule has 5 rings (SSSR count). The van der Waals surface area contributed by atoms with Crippen molar-refractivity contribution in [1.29, 1.82) is 5.26 Å². The molecule has 4 aliphatic carbocycles. The molecule has 0 amide bonds. The van der Waals surface area contributed by atoms with E-state index in [-0.39, 0.29) is 5.60 Å². The zero-order valence-corrected chi connectivity index (χ0v) is 21.9. The van der Waals surface area contributed by atoms with Gasteiger partial charge in [0.15, 0.2) is 0 Å². The Bertz CT molecular complexity index is 936. The second-order valence-corrected chi connectivity index (χ2v) is 13.0. The quantitative estimate of drug-likeness (QED) is 0.477. The smallest absolute Gasteiger partial charge is 0.0991 e. The molecule has 34 heavy (non-hydrogen) atoms. The predicted molar refractivity (Wildman–Crippen MR) is 139 cm³/mol. The van der Waals surface area contributed by atoms with Crippen LogP contribution in [0.4, 0.5) is 5.69 Å². The molecule has 0 heterocycles. The van der Waals surface area contributed by atoms with Gasteiger partial charge >= 0.3 is 0 Å². The van der Waals surface area contributed by atoms with Crippen LogP contribution in [0, 0.1) is 59.2 Å². The minimum atomic E-state index is -0.366. The van der Waals surface area contributed by atoms with Gasteiger partial charge in [-0.2, -0.15) is 5.26 Å². The molecular formula is C31H46N2O. The van der Waals surface area contributed by atoms with Gasteiger partial charge in [-0.3, -0.25) is 0 Å². The van der Waals surface area contributed by atoms with Gasteiger partial charge in [0.05, 0.1) is 17.2 Å². The number of rotatable bonds is 5. The van der Waals surface area contributed by atoms with E-state index in [1.807, 2.05) is 12.1 Å². The summed E-state index contributed by atoms with van der Waals surface area (Å²) in [4.78, 5) is 0. The molecule has 2 N–H and O–H groups in total. The molecule has 4 fully saturated rings. The fourth-order valence-corrected chi connectivity index (χ4v) is 9.76. The van der Waals surface area contributed by atoms with Gasteiger partial charge in [-0.1, -0.05) is 20.3 Å². The predicted octanol–water partition coefficient (Wildman–Crippen LogP) is 7.47. The van der Waals surface area contributed by atoms with Crippen molar-refractivity contribution in [3.63, 3.8) is 0 Å². The number of aryl methyl sites for hydroxylation is 1. The first-order valence-corrected chi connectivity index (χ1v) is 14.3. The number of nitriles is 1. The molecule has 3 nitrogen and oxygen atoms in total. The minimum Gasteiger partial charge on any atom is -0.390 e. The summed E-state index contributed by atoms with van der Waals surface area (Å²) in [6.07, 6.45) is 13.8. The van der Waals surface area contributed by atoms with Crippen molar-refractivity contribution in [2.45, 2.75) is 110 Å². The fraction of sp³-hybridized carbons (Fsp3) is 0.774. The second-order valence-electron chi connectivity index (χ2n) is 13.0. The van der Waals surface area contributed by atoms with E-state index in [4.69, 9.17) is 0 Å². The number of nitrogens with one attached hydrogen (secondary N) is 1. The zero-order chi connectivity index (χ0) is 24.1. The Morgan fingerprint density at radius 1 is 1.09 bits per heavy atom. The lowest BCUT2D eigenvalue weighted by Crippen LogP contribution is -2.52. The Labute approximate surface area is 207 Å². The zero-order valence-electron chi connectivity index (χ0n) is 21.9. The largest absolute Gasteiger partial charge is 0.390 e. The van der Waals surface area contributed by atoms with E-state index in [9.17, 15) is 10.4 Å². The molecule has 0 saturated heterocycles. The number of hydrogen-bond acceptors (Lipinski definition) is 3. The van der Waals surface area contributed by atoms with Crippen LogP contribution in [0.3, 0.4) is 0 Å². The van der Waals surface area contributed by atoms with Crippen molar-refractivity contribution in [3.8, 4) is 6.07 Å². The Hall–Kier alpha value is -1.53. The summed E-state index contributed by atoms with van der Waals surface area (Å²) in [5.41, 5.74) is 3.18. The van der Waals surface area contributed by atoms with Gasteiger partial charge in [0, 0.05) is 11.7 Å². The lowest BCUT2D eigenvalue weighted by molar-refractivity contribution is -0.108. The molecule has 1 aromatic carbocycles. The topological polar surface area (TPSA) is 56.0 Å². The average Bonchev–Trinajstić information content (AvgIpc) is 3.17. The lowest BCUT2D eigenvalue weighted by atomic mass is 9.48. The lowest BCUT2D eigenvalue weighted by Gasteiger charge is -2.57. The molecule has 0 aliphatic heterocycles. The molecular weight excluding hydrogens is 416 g/mol. The van der Waals surface area contributed by atoms with Gasteiger partial charge in [0.25, 0.3) is 0 Å². The third-order valence-corrected chi connectivity index (χ3v) is 11.2. The van der Waals surface area contributed by atoms with Gasteiger partial charge in [-0.15, -0.1) is 0 Å². The highest BCUT2D eigenvalue weighted by Gasteiger charge is 2.58.